The lowest BCUT2D eigenvalue weighted by Crippen LogP contribution is -2.43. The van der Waals surface area contributed by atoms with Crippen molar-refractivity contribution in [1.82, 2.24) is 5.32 Å². The Labute approximate surface area is 138 Å². The number of rotatable bonds is 4. The van der Waals surface area contributed by atoms with Gasteiger partial charge in [-0.3, -0.25) is 0 Å². The summed E-state index contributed by atoms with van der Waals surface area (Å²) < 4.78 is 5.32. The highest BCUT2D eigenvalue weighted by atomic mass is 32.1. The van der Waals surface area contributed by atoms with E-state index in [-0.39, 0.29) is 5.75 Å². The van der Waals surface area contributed by atoms with Gasteiger partial charge in [0.05, 0.1) is 0 Å². The highest BCUT2D eigenvalue weighted by molar-refractivity contribution is 7.80. The van der Waals surface area contributed by atoms with E-state index in [1.807, 2.05) is 36.4 Å². The number of hydrogen-bond donors (Lipinski definition) is 3. The number of fused-ring (bicyclic) bond motifs is 3. The van der Waals surface area contributed by atoms with Gasteiger partial charge in [-0.15, -0.1) is 0 Å². The topological polar surface area (TPSA) is 75.6 Å². The molecule has 2 aromatic rings. The number of carbonyl (C=O) groups is 2. The number of nitrogens with one attached hydrogen (secondary N) is 1. The van der Waals surface area contributed by atoms with Crippen molar-refractivity contribution in [2.24, 2.45) is 0 Å². The number of benzene rings is 2. The summed E-state index contributed by atoms with van der Waals surface area (Å²) in [7, 11) is 0. The van der Waals surface area contributed by atoms with Gasteiger partial charge in [-0.05, 0) is 22.8 Å². The molecule has 5 nitrogen and oxygen atoms in total. The van der Waals surface area contributed by atoms with E-state index in [4.69, 9.17) is 9.84 Å². The quantitative estimate of drug-likeness (QED) is 0.643. The number of hydrogen-bond acceptors (Lipinski definition) is 4. The van der Waals surface area contributed by atoms with Crippen molar-refractivity contribution in [3.8, 4) is 16.9 Å². The van der Waals surface area contributed by atoms with E-state index in [0.717, 1.165) is 16.7 Å². The molecular formula is C17H15NO4S. The molecule has 3 rings (SSSR count). The smallest absolute Gasteiger partial charge is 0.413 e. The van der Waals surface area contributed by atoms with E-state index in [1.165, 1.54) is 5.56 Å². The summed E-state index contributed by atoms with van der Waals surface area (Å²) in [6, 6.07) is 12.4. The molecule has 0 bridgehead atoms. The van der Waals surface area contributed by atoms with Crippen LogP contribution in [0.2, 0.25) is 0 Å². The Morgan fingerprint density at radius 3 is 2.65 bits per heavy atom. The highest BCUT2D eigenvalue weighted by Gasteiger charge is 2.24. The van der Waals surface area contributed by atoms with Gasteiger partial charge in [0.2, 0.25) is 0 Å². The van der Waals surface area contributed by atoms with Gasteiger partial charge >= 0.3 is 12.1 Å². The third-order valence-corrected chi connectivity index (χ3v) is 4.15. The second-order valence-corrected chi connectivity index (χ2v) is 5.59. The van der Waals surface area contributed by atoms with E-state index >= 15 is 0 Å². The number of carboxylic acid groups (broad SMARTS) is 1. The molecule has 1 aliphatic rings. The molecule has 2 aromatic carbocycles. The zero-order valence-electron chi connectivity index (χ0n) is 12.2. The lowest BCUT2D eigenvalue weighted by atomic mass is 10.1. The first-order chi connectivity index (χ1) is 11.1. The van der Waals surface area contributed by atoms with Crippen LogP contribution in [-0.2, 0) is 11.2 Å². The van der Waals surface area contributed by atoms with Crippen LogP contribution in [0.15, 0.2) is 42.5 Å². The maximum atomic E-state index is 11.9. The summed E-state index contributed by atoms with van der Waals surface area (Å²) in [6.07, 6.45) is -0.111. The second kappa shape index (κ2) is 6.34. The lowest BCUT2D eigenvalue weighted by Gasteiger charge is -2.13. The summed E-state index contributed by atoms with van der Waals surface area (Å²) in [5, 5.41) is 11.2. The van der Waals surface area contributed by atoms with Crippen molar-refractivity contribution in [2.45, 2.75) is 12.5 Å². The Balaban J connectivity index is 1.81. The van der Waals surface area contributed by atoms with Gasteiger partial charge in [-0.1, -0.05) is 36.4 Å². The van der Waals surface area contributed by atoms with E-state index in [1.54, 1.807) is 6.07 Å². The van der Waals surface area contributed by atoms with Crippen LogP contribution < -0.4 is 10.1 Å². The lowest BCUT2D eigenvalue weighted by molar-refractivity contribution is -0.138. The van der Waals surface area contributed by atoms with Crippen molar-refractivity contribution >= 4 is 24.7 Å². The van der Waals surface area contributed by atoms with Gasteiger partial charge in [-0.25, -0.2) is 9.59 Å². The predicted octanol–water partition coefficient (Wildman–Crippen LogP) is 2.73. The molecule has 1 aliphatic carbocycles. The van der Waals surface area contributed by atoms with Crippen LogP contribution in [0.4, 0.5) is 4.79 Å². The molecule has 6 heteroatoms. The Hall–Kier alpha value is -2.47. The molecule has 0 fully saturated rings. The average Bonchev–Trinajstić information content (AvgIpc) is 2.92. The molecule has 0 unspecified atom stereocenters. The van der Waals surface area contributed by atoms with Crippen molar-refractivity contribution < 1.29 is 19.4 Å². The third-order valence-electron chi connectivity index (χ3n) is 3.78. The zero-order valence-corrected chi connectivity index (χ0v) is 13.0. The van der Waals surface area contributed by atoms with Crippen LogP contribution in [0.3, 0.4) is 0 Å². The zero-order chi connectivity index (χ0) is 16.4. The fourth-order valence-corrected chi connectivity index (χ4v) is 2.93. The predicted molar refractivity (Wildman–Crippen MR) is 89.1 cm³/mol. The van der Waals surface area contributed by atoms with Crippen LogP contribution in [0.1, 0.15) is 11.1 Å². The summed E-state index contributed by atoms with van der Waals surface area (Å²) in [4.78, 5) is 22.9. The molecule has 0 heterocycles. The molecule has 0 aliphatic heterocycles. The maximum Gasteiger partial charge on any atom is 0.413 e. The second-order valence-electron chi connectivity index (χ2n) is 5.22. The van der Waals surface area contributed by atoms with Gasteiger partial charge in [0.1, 0.15) is 11.8 Å². The number of carbonyl (C=O) groups excluding carboxylic acids is 1. The summed E-state index contributed by atoms with van der Waals surface area (Å²) in [5.41, 5.74) is 4.28. The van der Waals surface area contributed by atoms with Gasteiger partial charge in [0.25, 0.3) is 0 Å². The van der Waals surface area contributed by atoms with Crippen molar-refractivity contribution in [1.29, 1.82) is 0 Å². The first kappa shape index (κ1) is 15.4. The number of thiol groups is 1. The average molecular weight is 329 g/mol. The molecule has 2 N–H and O–H groups in total. The third kappa shape index (κ3) is 3.03. The Bertz CT molecular complexity index is 775. The van der Waals surface area contributed by atoms with E-state index in [0.29, 0.717) is 12.2 Å². The standard InChI is InChI=1S/C17H15NO4S/c19-16(20)14(9-23)18-17(21)22-15-7-3-6-12-11-5-2-1-4-10(11)8-13(12)15/h1-7,14,23H,8-9H2,(H,18,21)(H,19,20)/t14-/m0/s1. The molecule has 1 atom stereocenters. The van der Waals surface area contributed by atoms with Crippen LogP contribution in [-0.4, -0.2) is 29.0 Å². The van der Waals surface area contributed by atoms with Crippen LogP contribution in [0.25, 0.3) is 11.1 Å². The molecular weight excluding hydrogens is 314 g/mol. The van der Waals surface area contributed by atoms with E-state index in [2.05, 4.69) is 17.9 Å². The SMILES string of the molecule is O=C(N[C@@H](CS)C(=O)O)Oc1cccc2c1Cc1ccccc1-2. The van der Waals surface area contributed by atoms with Crippen molar-refractivity contribution in [3.05, 3.63) is 53.6 Å². The fraction of sp³-hybridized carbons (Fsp3) is 0.176. The molecule has 0 saturated heterocycles. The molecule has 118 valence electrons. The normalized spacial score (nSPS) is 12.9. The van der Waals surface area contributed by atoms with Gasteiger partial charge in [0, 0.05) is 17.7 Å². The van der Waals surface area contributed by atoms with Crippen molar-refractivity contribution in [2.75, 3.05) is 5.75 Å². The van der Waals surface area contributed by atoms with Crippen LogP contribution in [0.5, 0.6) is 5.75 Å². The van der Waals surface area contributed by atoms with Crippen LogP contribution in [0, 0.1) is 0 Å². The minimum Gasteiger partial charge on any atom is -0.480 e. The summed E-state index contributed by atoms with van der Waals surface area (Å²) in [6.45, 7) is 0. The van der Waals surface area contributed by atoms with Gasteiger partial charge < -0.3 is 15.2 Å². The van der Waals surface area contributed by atoms with Gasteiger partial charge in [0.15, 0.2) is 0 Å². The Morgan fingerprint density at radius 1 is 1.17 bits per heavy atom. The maximum absolute atomic E-state index is 11.9. The highest BCUT2D eigenvalue weighted by Crippen LogP contribution is 2.40. The molecule has 0 aromatic heterocycles. The Morgan fingerprint density at radius 2 is 1.91 bits per heavy atom. The fourth-order valence-electron chi connectivity index (χ4n) is 2.68. The monoisotopic (exact) mass is 329 g/mol. The minimum absolute atomic E-state index is 0.0111. The summed E-state index contributed by atoms with van der Waals surface area (Å²) >= 11 is 3.90. The minimum atomic E-state index is -1.15. The Kier molecular flexibility index (Phi) is 4.25. The van der Waals surface area contributed by atoms with Crippen molar-refractivity contribution in [3.63, 3.8) is 0 Å². The first-order valence-electron chi connectivity index (χ1n) is 7.12. The number of amides is 1. The number of aliphatic carboxylic acids is 1. The number of carboxylic acids is 1. The molecule has 0 spiro atoms. The first-order valence-corrected chi connectivity index (χ1v) is 7.75. The molecule has 0 radical (unpaired) electrons. The molecule has 0 saturated carbocycles. The summed E-state index contributed by atoms with van der Waals surface area (Å²) in [5.74, 6) is -0.717. The number of ether oxygens (including phenoxy) is 1. The van der Waals surface area contributed by atoms with E-state index < -0.39 is 18.1 Å². The van der Waals surface area contributed by atoms with Gasteiger partial charge in [-0.2, -0.15) is 12.6 Å². The largest absolute Gasteiger partial charge is 0.480 e. The van der Waals surface area contributed by atoms with E-state index in [9.17, 15) is 9.59 Å². The molecule has 1 amide bonds. The van der Waals surface area contributed by atoms with Crippen LogP contribution >= 0.6 is 12.6 Å². The molecule has 23 heavy (non-hydrogen) atoms.